The average molecular weight is 548 g/mol. The number of alkyl halides is 3. The molecule has 2 rings (SSSR count). The predicted molar refractivity (Wildman–Crippen MR) is 118 cm³/mol. The van der Waals surface area contributed by atoms with E-state index in [-0.39, 0.29) is 47.9 Å². The maximum Gasteiger partial charge on any atom is 0.390 e. The molecule has 6 nitrogen and oxygen atoms in total. The molecule has 0 bridgehead atoms. The number of hydrogen-bond donors (Lipinski definition) is 2. The summed E-state index contributed by atoms with van der Waals surface area (Å²) in [5.74, 6) is 0.219. The van der Waals surface area contributed by atoms with Crippen molar-refractivity contribution < 1.29 is 21.6 Å². The van der Waals surface area contributed by atoms with Crippen molar-refractivity contribution in [2.24, 2.45) is 4.99 Å². The lowest BCUT2D eigenvalue weighted by Gasteiger charge is -2.26. The summed E-state index contributed by atoms with van der Waals surface area (Å²) in [5, 5.41) is 5.50. The van der Waals surface area contributed by atoms with Crippen LogP contribution in [0.25, 0.3) is 0 Å². The molecule has 1 aliphatic rings. The molecule has 1 fully saturated rings. The molecule has 0 radical (unpaired) electrons. The Kier molecular flexibility index (Phi) is 10.7. The Morgan fingerprint density at radius 3 is 2.41 bits per heavy atom. The fourth-order valence-corrected chi connectivity index (χ4v) is 4.69. The maximum atomic E-state index is 13.0. The van der Waals surface area contributed by atoms with Crippen LogP contribution >= 0.6 is 24.0 Å². The highest BCUT2D eigenvalue weighted by atomic mass is 127. The minimum atomic E-state index is -4.25. The molecule has 1 saturated heterocycles. The van der Waals surface area contributed by atoms with Gasteiger partial charge in [-0.2, -0.15) is 17.5 Å². The number of halogens is 4. The first-order chi connectivity index (χ1) is 13.2. The molecule has 0 atom stereocenters. The second-order valence-corrected chi connectivity index (χ2v) is 8.47. The van der Waals surface area contributed by atoms with Gasteiger partial charge in [0, 0.05) is 26.2 Å². The Hall–Kier alpha value is -1.08. The van der Waals surface area contributed by atoms with Crippen LogP contribution in [0.2, 0.25) is 0 Å². The number of benzene rings is 1. The van der Waals surface area contributed by atoms with E-state index in [1.165, 1.54) is 4.31 Å². The Morgan fingerprint density at radius 1 is 1.14 bits per heavy atom. The molecule has 1 aromatic carbocycles. The van der Waals surface area contributed by atoms with E-state index in [2.05, 4.69) is 15.6 Å². The zero-order chi connectivity index (χ0) is 20.6. The third-order valence-corrected chi connectivity index (χ3v) is 6.36. The van der Waals surface area contributed by atoms with Gasteiger partial charge in [-0.25, -0.2) is 13.4 Å². The minimum Gasteiger partial charge on any atom is -0.357 e. The van der Waals surface area contributed by atoms with Crippen LogP contribution < -0.4 is 10.6 Å². The standard InChI is InChI=1S/C18H27F3N4O2S.HI/c1-2-22-17(23-11-10-18(19,20)21)24-14-15-8-4-5-9-16(15)28(26,27)25-12-6-3-7-13-25;/h4-5,8-9H,2-3,6-7,10-14H2,1H3,(H2,22,23,24);1H. The lowest BCUT2D eigenvalue weighted by atomic mass is 10.2. The SMILES string of the molecule is CCNC(=NCc1ccccc1S(=O)(=O)N1CCCCC1)NCCC(F)(F)F.I. The molecular formula is C18H28F3IN4O2S. The highest BCUT2D eigenvalue weighted by Crippen LogP contribution is 2.24. The van der Waals surface area contributed by atoms with Crippen molar-refractivity contribution in [3.8, 4) is 0 Å². The van der Waals surface area contributed by atoms with Crippen LogP contribution in [0.1, 0.15) is 38.2 Å². The van der Waals surface area contributed by atoms with E-state index in [9.17, 15) is 21.6 Å². The van der Waals surface area contributed by atoms with Crippen LogP contribution in [0.5, 0.6) is 0 Å². The van der Waals surface area contributed by atoms with Gasteiger partial charge < -0.3 is 10.6 Å². The first-order valence-electron chi connectivity index (χ1n) is 9.41. The predicted octanol–water partition coefficient (Wildman–Crippen LogP) is 3.49. The Morgan fingerprint density at radius 2 is 1.79 bits per heavy atom. The van der Waals surface area contributed by atoms with Crippen LogP contribution in [0, 0.1) is 0 Å². The molecule has 0 aliphatic carbocycles. The van der Waals surface area contributed by atoms with Gasteiger partial charge in [0.1, 0.15) is 0 Å². The molecule has 0 spiro atoms. The van der Waals surface area contributed by atoms with Crippen LogP contribution in [0.4, 0.5) is 13.2 Å². The van der Waals surface area contributed by atoms with Crippen molar-refractivity contribution in [2.45, 2.75) is 50.2 Å². The molecular weight excluding hydrogens is 520 g/mol. The summed E-state index contributed by atoms with van der Waals surface area (Å²) in [6.07, 6.45) is -2.52. The third-order valence-electron chi connectivity index (χ3n) is 4.36. The monoisotopic (exact) mass is 548 g/mol. The normalized spacial score (nSPS) is 16.2. The van der Waals surface area contributed by atoms with Crippen LogP contribution in [0.3, 0.4) is 0 Å². The number of nitrogens with zero attached hydrogens (tertiary/aromatic N) is 2. The van der Waals surface area contributed by atoms with E-state index < -0.39 is 22.6 Å². The average Bonchev–Trinajstić information content (AvgIpc) is 2.66. The van der Waals surface area contributed by atoms with E-state index in [0.717, 1.165) is 19.3 Å². The molecule has 29 heavy (non-hydrogen) atoms. The summed E-state index contributed by atoms with van der Waals surface area (Å²) in [7, 11) is -3.61. The highest BCUT2D eigenvalue weighted by Gasteiger charge is 2.28. The van der Waals surface area contributed by atoms with E-state index >= 15 is 0 Å². The topological polar surface area (TPSA) is 73.8 Å². The number of rotatable bonds is 7. The Bertz CT molecular complexity index is 767. The largest absolute Gasteiger partial charge is 0.390 e. The van der Waals surface area contributed by atoms with E-state index in [0.29, 0.717) is 25.2 Å². The number of nitrogens with one attached hydrogen (secondary N) is 2. The van der Waals surface area contributed by atoms with Crippen molar-refractivity contribution in [1.82, 2.24) is 14.9 Å². The van der Waals surface area contributed by atoms with E-state index in [1.807, 2.05) is 0 Å². The van der Waals surface area contributed by atoms with Gasteiger partial charge in [0.15, 0.2) is 5.96 Å². The molecule has 1 aliphatic heterocycles. The van der Waals surface area contributed by atoms with Gasteiger partial charge in [-0.1, -0.05) is 24.6 Å². The highest BCUT2D eigenvalue weighted by molar-refractivity contribution is 14.0. The molecule has 0 saturated carbocycles. The first kappa shape index (κ1) is 26.0. The number of sulfonamides is 1. The van der Waals surface area contributed by atoms with Gasteiger partial charge in [0.05, 0.1) is 17.9 Å². The van der Waals surface area contributed by atoms with E-state index in [4.69, 9.17) is 0 Å². The van der Waals surface area contributed by atoms with Crippen LogP contribution in [-0.2, 0) is 16.6 Å². The maximum absolute atomic E-state index is 13.0. The fourth-order valence-electron chi connectivity index (χ4n) is 2.96. The second-order valence-electron chi connectivity index (χ2n) is 6.56. The third kappa shape index (κ3) is 8.28. The zero-order valence-electron chi connectivity index (χ0n) is 16.3. The lowest BCUT2D eigenvalue weighted by Crippen LogP contribution is -2.39. The van der Waals surface area contributed by atoms with Crippen LogP contribution in [-0.4, -0.2) is 51.0 Å². The van der Waals surface area contributed by atoms with Crippen molar-refractivity contribution in [2.75, 3.05) is 26.2 Å². The lowest BCUT2D eigenvalue weighted by molar-refractivity contribution is -0.132. The molecule has 11 heteroatoms. The van der Waals surface area contributed by atoms with Crippen molar-refractivity contribution >= 4 is 40.0 Å². The summed E-state index contributed by atoms with van der Waals surface area (Å²) in [4.78, 5) is 4.47. The van der Waals surface area contributed by atoms with Gasteiger partial charge in [-0.05, 0) is 31.4 Å². The second kappa shape index (κ2) is 11.9. The number of guanidine groups is 1. The smallest absolute Gasteiger partial charge is 0.357 e. The van der Waals surface area contributed by atoms with Crippen LogP contribution in [0.15, 0.2) is 34.2 Å². The molecule has 0 aromatic heterocycles. The molecule has 1 aromatic rings. The fraction of sp³-hybridized carbons (Fsp3) is 0.611. The van der Waals surface area contributed by atoms with Gasteiger partial charge in [0.2, 0.25) is 10.0 Å². The van der Waals surface area contributed by atoms with Gasteiger partial charge >= 0.3 is 6.18 Å². The van der Waals surface area contributed by atoms with Crippen molar-refractivity contribution in [3.63, 3.8) is 0 Å². The summed E-state index contributed by atoms with van der Waals surface area (Å²) in [5.41, 5.74) is 0.515. The summed E-state index contributed by atoms with van der Waals surface area (Å²) in [6, 6.07) is 6.62. The molecule has 1 heterocycles. The van der Waals surface area contributed by atoms with Gasteiger partial charge in [-0.3, -0.25) is 0 Å². The molecule has 0 amide bonds. The molecule has 0 unspecified atom stereocenters. The number of piperidine rings is 1. The van der Waals surface area contributed by atoms with Crippen molar-refractivity contribution in [1.29, 1.82) is 0 Å². The molecule has 166 valence electrons. The zero-order valence-corrected chi connectivity index (χ0v) is 19.5. The first-order valence-corrected chi connectivity index (χ1v) is 10.8. The van der Waals surface area contributed by atoms with Crippen molar-refractivity contribution in [3.05, 3.63) is 29.8 Å². The number of aliphatic imine (C=N–C) groups is 1. The number of hydrogen-bond acceptors (Lipinski definition) is 3. The molecule has 2 N–H and O–H groups in total. The van der Waals surface area contributed by atoms with E-state index in [1.54, 1.807) is 31.2 Å². The van der Waals surface area contributed by atoms with Gasteiger partial charge in [0.25, 0.3) is 0 Å². The summed E-state index contributed by atoms with van der Waals surface area (Å²) >= 11 is 0. The minimum absolute atomic E-state index is 0. The Balaban J connectivity index is 0.00000420. The summed E-state index contributed by atoms with van der Waals surface area (Å²) < 4.78 is 64.5. The van der Waals surface area contributed by atoms with Gasteiger partial charge in [-0.15, -0.1) is 24.0 Å². The quantitative estimate of drug-likeness (QED) is 0.311. The Labute approximate surface area is 187 Å². The summed E-state index contributed by atoms with van der Waals surface area (Å²) in [6.45, 7) is 3.03.